The molecule has 8 heteroatoms. The van der Waals surface area contributed by atoms with Crippen molar-refractivity contribution in [3.8, 4) is 6.07 Å². The average molecular weight is 304 g/mol. The zero-order valence-electron chi connectivity index (χ0n) is 10.7. The fourth-order valence-corrected chi connectivity index (χ4v) is 2.00. The Morgan fingerprint density at radius 2 is 1.95 bits per heavy atom. The molecule has 5 nitrogen and oxygen atoms in total. The molecule has 1 fully saturated rings. The SMILES string of the molecule is Cc1ccc(S(=O)(=O)O)cc1.N#C[C@H]1CC(F)(F)CN1. The van der Waals surface area contributed by atoms with Crippen LogP contribution in [0.4, 0.5) is 8.78 Å². The third-order valence-corrected chi connectivity index (χ3v) is 3.45. The highest BCUT2D eigenvalue weighted by Crippen LogP contribution is 2.24. The summed E-state index contributed by atoms with van der Waals surface area (Å²) in [5.41, 5.74) is 0.956. The Bertz CT molecular complexity index is 594. The third-order valence-electron chi connectivity index (χ3n) is 2.58. The number of alkyl halides is 2. The summed E-state index contributed by atoms with van der Waals surface area (Å²) < 4.78 is 53.9. The van der Waals surface area contributed by atoms with Gasteiger partial charge in [0.25, 0.3) is 16.0 Å². The molecule has 0 bridgehead atoms. The van der Waals surface area contributed by atoms with E-state index in [2.05, 4.69) is 5.32 Å². The van der Waals surface area contributed by atoms with E-state index in [1.165, 1.54) is 12.1 Å². The number of hydrogen-bond donors (Lipinski definition) is 2. The lowest BCUT2D eigenvalue weighted by molar-refractivity contribution is 0.0224. The first-order valence-electron chi connectivity index (χ1n) is 5.69. The average Bonchev–Trinajstić information content (AvgIpc) is 2.69. The summed E-state index contributed by atoms with van der Waals surface area (Å²) in [7, 11) is -4.02. The second-order valence-electron chi connectivity index (χ2n) is 4.41. The van der Waals surface area contributed by atoms with Crippen molar-refractivity contribution in [1.29, 1.82) is 5.26 Å². The second-order valence-corrected chi connectivity index (χ2v) is 5.83. The van der Waals surface area contributed by atoms with Gasteiger partial charge in [0.2, 0.25) is 0 Å². The minimum absolute atomic E-state index is 0.0666. The van der Waals surface area contributed by atoms with Gasteiger partial charge in [-0.2, -0.15) is 13.7 Å². The molecule has 1 aromatic carbocycles. The Morgan fingerprint density at radius 1 is 1.40 bits per heavy atom. The Balaban J connectivity index is 0.000000204. The first kappa shape index (κ1) is 16.5. The molecule has 110 valence electrons. The van der Waals surface area contributed by atoms with Gasteiger partial charge in [0.15, 0.2) is 0 Å². The highest BCUT2D eigenvalue weighted by molar-refractivity contribution is 7.85. The van der Waals surface area contributed by atoms with Gasteiger partial charge in [-0.15, -0.1) is 0 Å². The van der Waals surface area contributed by atoms with E-state index in [4.69, 9.17) is 9.81 Å². The molecule has 0 spiro atoms. The highest BCUT2D eigenvalue weighted by atomic mass is 32.2. The van der Waals surface area contributed by atoms with E-state index in [1.54, 1.807) is 18.2 Å². The summed E-state index contributed by atoms with van der Waals surface area (Å²) >= 11 is 0. The molecule has 0 unspecified atom stereocenters. The predicted molar refractivity (Wildman–Crippen MR) is 68.0 cm³/mol. The molecular formula is C12H14F2N2O3S. The number of aryl methyl sites for hydroxylation is 1. The fourth-order valence-electron chi connectivity index (χ4n) is 1.52. The standard InChI is InChI=1S/C7H8O3S.C5H6F2N2/c1-6-2-4-7(5-3-6)11(8,9)10;6-5(7)1-4(2-8)9-3-5/h2-5H,1H3,(H,8,9,10);4,9H,1,3H2/t;4-/m.1/s1. The summed E-state index contributed by atoms with van der Waals surface area (Å²) in [6.45, 7) is 1.49. The van der Waals surface area contributed by atoms with Gasteiger partial charge in [-0.1, -0.05) is 17.7 Å². The van der Waals surface area contributed by atoms with Crippen molar-refractivity contribution in [3.05, 3.63) is 29.8 Å². The van der Waals surface area contributed by atoms with Crippen molar-refractivity contribution in [3.63, 3.8) is 0 Å². The van der Waals surface area contributed by atoms with Crippen molar-refractivity contribution >= 4 is 10.1 Å². The largest absolute Gasteiger partial charge is 0.296 e. The maximum Gasteiger partial charge on any atom is 0.294 e. The summed E-state index contributed by atoms with van der Waals surface area (Å²) in [5, 5.41) is 10.5. The molecule has 0 aliphatic carbocycles. The van der Waals surface area contributed by atoms with Crippen LogP contribution in [0, 0.1) is 18.3 Å². The fraction of sp³-hybridized carbons (Fsp3) is 0.417. The number of halogens is 2. The third kappa shape index (κ3) is 5.21. The van der Waals surface area contributed by atoms with Crippen molar-refractivity contribution in [1.82, 2.24) is 5.32 Å². The van der Waals surface area contributed by atoms with E-state index >= 15 is 0 Å². The molecular weight excluding hydrogens is 290 g/mol. The van der Waals surface area contributed by atoms with Crippen molar-refractivity contribution in [2.45, 2.75) is 30.2 Å². The van der Waals surface area contributed by atoms with E-state index in [1.807, 2.05) is 6.92 Å². The van der Waals surface area contributed by atoms with Crippen LogP contribution in [0.25, 0.3) is 0 Å². The molecule has 1 heterocycles. The number of hydrogen-bond acceptors (Lipinski definition) is 4. The molecule has 1 atom stereocenters. The van der Waals surface area contributed by atoms with Gasteiger partial charge < -0.3 is 0 Å². The maximum atomic E-state index is 12.2. The van der Waals surface area contributed by atoms with Gasteiger partial charge in [0, 0.05) is 6.42 Å². The number of nitrogens with one attached hydrogen (secondary N) is 1. The molecule has 0 amide bonds. The van der Waals surface area contributed by atoms with E-state index in [-0.39, 0.29) is 17.9 Å². The first-order valence-corrected chi connectivity index (χ1v) is 7.13. The van der Waals surface area contributed by atoms with Crippen molar-refractivity contribution < 1.29 is 21.8 Å². The molecule has 2 rings (SSSR count). The molecule has 1 aromatic rings. The molecule has 0 saturated carbocycles. The summed E-state index contributed by atoms with van der Waals surface area (Å²) in [5.74, 6) is -2.67. The minimum atomic E-state index is -4.02. The van der Waals surface area contributed by atoms with E-state index in [9.17, 15) is 17.2 Å². The normalized spacial score (nSPS) is 20.6. The number of rotatable bonds is 1. The number of nitrogens with zero attached hydrogens (tertiary/aromatic N) is 1. The Hall–Kier alpha value is -1.56. The van der Waals surface area contributed by atoms with E-state index in [0.717, 1.165) is 5.56 Å². The molecule has 2 N–H and O–H groups in total. The van der Waals surface area contributed by atoms with Gasteiger partial charge in [0.05, 0.1) is 17.5 Å². The molecule has 1 aliphatic rings. The zero-order valence-corrected chi connectivity index (χ0v) is 11.5. The maximum absolute atomic E-state index is 12.2. The van der Waals surface area contributed by atoms with Crippen LogP contribution in [-0.4, -0.2) is 31.5 Å². The van der Waals surface area contributed by atoms with Crippen LogP contribution in [0.1, 0.15) is 12.0 Å². The Kier molecular flexibility index (Phi) is 5.16. The van der Waals surface area contributed by atoms with Crippen LogP contribution in [0.15, 0.2) is 29.2 Å². The molecule has 0 aromatic heterocycles. The molecule has 1 aliphatic heterocycles. The predicted octanol–water partition coefficient (Wildman–Crippen LogP) is 1.75. The molecule has 20 heavy (non-hydrogen) atoms. The van der Waals surface area contributed by atoms with Crippen LogP contribution in [-0.2, 0) is 10.1 Å². The van der Waals surface area contributed by atoms with Gasteiger partial charge in [-0.3, -0.25) is 9.87 Å². The lowest BCUT2D eigenvalue weighted by Crippen LogP contribution is -2.21. The van der Waals surface area contributed by atoms with Gasteiger partial charge in [0.1, 0.15) is 6.04 Å². The number of benzene rings is 1. The van der Waals surface area contributed by atoms with Gasteiger partial charge in [-0.25, -0.2) is 8.78 Å². The summed E-state index contributed by atoms with van der Waals surface area (Å²) in [6.07, 6.45) is -0.344. The summed E-state index contributed by atoms with van der Waals surface area (Å²) in [4.78, 5) is -0.0666. The monoisotopic (exact) mass is 304 g/mol. The lowest BCUT2D eigenvalue weighted by atomic mass is 10.2. The van der Waals surface area contributed by atoms with Gasteiger partial charge in [-0.05, 0) is 19.1 Å². The van der Waals surface area contributed by atoms with Gasteiger partial charge >= 0.3 is 0 Å². The minimum Gasteiger partial charge on any atom is -0.296 e. The van der Waals surface area contributed by atoms with Crippen molar-refractivity contribution in [2.24, 2.45) is 0 Å². The van der Waals surface area contributed by atoms with Crippen LogP contribution >= 0.6 is 0 Å². The van der Waals surface area contributed by atoms with E-state index in [0.29, 0.717) is 0 Å². The van der Waals surface area contributed by atoms with Crippen molar-refractivity contribution in [2.75, 3.05) is 6.54 Å². The Labute approximate surface area is 116 Å². The van der Waals surface area contributed by atoms with Crippen LogP contribution in [0.5, 0.6) is 0 Å². The topological polar surface area (TPSA) is 90.2 Å². The van der Waals surface area contributed by atoms with Crippen LogP contribution < -0.4 is 5.32 Å². The quantitative estimate of drug-likeness (QED) is 0.771. The second kappa shape index (κ2) is 6.26. The summed E-state index contributed by atoms with van der Waals surface area (Å²) in [6, 6.07) is 7.06. The van der Waals surface area contributed by atoms with Crippen LogP contribution in [0.2, 0.25) is 0 Å². The Morgan fingerprint density at radius 3 is 2.25 bits per heavy atom. The smallest absolute Gasteiger partial charge is 0.294 e. The van der Waals surface area contributed by atoms with Crippen LogP contribution in [0.3, 0.4) is 0 Å². The number of nitriles is 1. The lowest BCUT2D eigenvalue weighted by Gasteiger charge is -2.02. The highest BCUT2D eigenvalue weighted by Gasteiger charge is 2.39. The first-order chi connectivity index (χ1) is 9.14. The molecule has 1 saturated heterocycles. The van der Waals surface area contributed by atoms with E-state index < -0.39 is 22.1 Å². The zero-order chi connectivity index (χ0) is 15.4. The molecule has 0 radical (unpaired) electrons.